The molecule has 12 heteroatoms. The van der Waals surface area contributed by atoms with E-state index in [0.29, 0.717) is 19.3 Å². The molecule has 0 saturated carbocycles. The molecule has 1 aliphatic heterocycles. The average molecular weight is 1020 g/mol. The van der Waals surface area contributed by atoms with Crippen molar-refractivity contribution in [3.63, 3.8) is 0 Å². The molecular weight excluding hydrogens is 925 g/mol. The Kier molecular flexibility index (Phi) is 44.0. The fourth-order valence-corrected chi connectivity index (χ4v) is 7.57. The number of hydrogen-bond donors (Lipinski definition) is 3. The Morgan fingerprint density at radius 3 is 1.44 bits per heavy atom. The van der Waals surface area contributed by atoms with Crippen LogP contribution in [0.2, 0.25) is 0 Å². The van der Waals surface area contributed by atoms with Gasteiger partial charge in [-0.05, 0) is 103 Å². The minimum Gasteiger partial charge on any atom is -0.479 e. The van der Waals surface area contributed by atoms with E-state index in [1.54, 1.807) is 6.08 Å². The van der Waals surface area contributed by atoms with Crippen LogP contribution in [-0.2, 0) is 42.9 Å². The Labute approximate surface area is 440 Å². The summed E-state index contributed by atoms with van der Waals surface area (Å²) in [5, 5.41) is 31.4. The number of esters is 3. The predicted molar refractivity (Wildman–Crippen MR) is 294 cm³/mol. The van der Waals surface area contributed by atoms with Crippen LogP contribution in [0, 0.1) is 0 Å². The highest BCUT2D eigenvalue weighted by Crippen LogP contribution is 2.26. The Bertz CT molecular complexity index is 1690. The number of carbonyl (C=O) groups is 4. The van der Waals surface area contributed by atoms with Gasteiger partial charge in [-0.1, -0.05) is 188 Å². The zero-order valence-electron chi connectivity index (χ0n) is 45.1. The maximum atomic E-state index is 13.1. The second kappa shape index (κ2) is 48.3. The van der Waals surface area contributed by atoms with Gasteiger partial charge in [-0.25, -0.2) is 4.79 Å². The van der Waals surface area contributed by atoms with Crippen molar-refractivity contribution in [1.82, 2.24) is 0 Å². The third-order valence-corrected chi connectivity index (χ3v) is 11.8. The summed E-state index contributed by atoms with van der Waals surface area (Å²) in [6, 6.07) is 0. The highest BCUT2D eigenvalue weighted by atomic mass is 16.7. The molecule has 0 amide bonds. The Balaban J connectivity index is 2.79. The summed E-state index contributed by atoms with van der Waals surface area (Å²) < 4.78 is 28.2. The average Bonchev–Trinajstić information content (AvgIpc) is 3.37. The maximum Gasteiger partial charge on any atom is 0.335 e. The predicted octanol–water partition coefficient (Wildman–Crippen LogP) is 13.9. The molecule has 1 aliphatic rings. The topological polar surface area (TPSA) is 175 Å². The minimum atomic E-state index is -1.93. The first kappa shape index (κ1) is 66.4. The van der Waals surface area contributed by atoms with Crippen molar-refractivity contribution in [3.8, 4) is 0 Å². The fraction of sp³-hybridized carbons (Fsp3) is 0.639. The van der Waals surface area contributed by atoms with Crippen LogP contribution in [0.5, 0.6) is 0 Å². The molecule has 0 radical (unpaired) electrons. The lowest BCUT2D eigenvalue weighted by Gasteiger charge is -2.40. The molecule has 0 bridgehead atoms. The SMILES string of the molecule is CC/C=C\C/C=C\C/C=C\C/C=C\C/C=C\CC(=O)OCC(COC1OC(C(=O)O)C(O)C(O)C1OC(=O)CCCCCCC/C=C\C/C=C\CCCCC)OC(=O)CCCCCCC/C=C\C/C=C\CCC. The first-order chi connectivity index (χ1) is 35.6. The van der Waals surface area contributed by atoms with Crippen LogP contribution < -0.4 is 0 Å². The highest BCUT2D eigenvalue weighted by molar-refractivity contribution is 5.74. The Morgan fingerprint density at radius 2 is 0.932 bits per heavy atom. The second-order valence-electron chi connectivity index (χ2n) is 18.5. The minimum absolute atomic E-state index is 0.0241. The fourth-order valence-electron chi connectivity index (χ4n) is 7.57. The number of hydrogen-bond acceptors (Lipinski definition) is 11. The second-order valence-corrected chi connectivity index (χ2v) is 18.5. The zero-order valence-corrected chi connectivity index (χ0v) is 45.1. The summed E-state index contributed by atoms with van der Waals surface area (Å²) in [6.07, 6.45) is 52.3. The van der Waals surface area contributed by atoms with Gasteiger partial charge in [0.1, 0.15) is 18.8 Å². The van der Waals surface area contributed by atoms with Gasteiger partial charge in [0.2, 0.25) is 0 Å². The number of carbonyl (C=O) groups excluding carboxylic acids is 3. The Morgan fingerprint density at radius 1 is 0.479 bits per heavy atom. The van der Waals surface area contributed by atoms with Crippen LogP contribution in [0.1, 0.15) is 201 Å². The van der Waals surface area contributed by atoms with E-state index in [9.17, 15) is 34.5 Å². The number of carboxylic acids is 1. The summed E-state index contributed by atoms with van der Waals surface area (Å²) in [7, 11) is 0. The third kappa shape index (κ3) is 38.6. The molecule has 1 rings (SSSR count). The summed E-state index contributed by atoms with van der Waals surface area (Å²) >= 11 is 0. The number of aliphatic hydroxyl groups is 2. The smallest absolute Gasteiger partial charge is 0.335 e. The Hall–Kier alpha value is -4.62. The van der Waals surface area contributed by atoms with Crippen LogP contribution in [0.4, 0.5) is 0 Å². The van der Waals surface area contributed by atoms with Crippen LogP contribution in [0.3, 0.4) is 0 Å². The first-order valence-corrected chi connectivity index (χ1v) is 27.9. The normalized spacial score (nSPS) is 19.2. The van der Waals surface area contributed by atoms with Gasteiger partial charge in [0.05, 0.1) is 13.0 Å². The van der Waals surface area contributed by atoms with Crippen molar-refractivity contribution in [2.24, 2.45) is 0 Å². The number of rotatable bonds is 45. The van der Waals surface area contributed by atoms with E-state index in [1.165, 1.54) is 19.3 Å². The van der Waals surface area contributed by atoms with Crippen molar-refractivity contribution in [3.05, 3.63) is 109 Å². The molecule has 1 saturated heterocycles. The first-order valence-electron chi connectivity index (χ1n) is 27.9. The molecule has 12 nitrogen and oxygen atoms in total. The molecule has 1 fully saturated rings. The third-order valence-electron chi connectivity index (χ3n) is 11.8. The van der Waals surface area contributed by atoms with Gasteiger partial charge in [0.15, 0.2) is 24.6 Å². The molecule has 1 heterocycles. The molecule has 0 aromatic heterocycles. The molecule has 0 aromatic carbocycles. The van der Waals surface area contributed by atoms with Gasteiger partial charge in [-0.15, -0.1) is 0 Å². The number of allylic oxidation sites excluding steroid dienone is 17. The van der Waals surface area contributed by atoms with Crippen molar-refractivity contribution in [2.45, 2.75) is 237 Å². The van der Waals surface area contributed by atoms with Crippen LogP contribution >= 0.6 is 0 Å². The summed E-state index contributed by atoms with van der Waals surface area (Å²) in [5.41, 5.74) is 0. The van der Waals surface area contributed by atoms with Gasteiger partial charge in [-0.3, -0.25) is 14.4 Å². The number of carboxylic acid groups (broad SMARTS) is 1. The van der Waals surface area contributed by atoms with Gasteiger partial charge in [0.25, 0.3) is 0 Å². The van der Waals surface area contributed by atoms with E-state index < -0.39 is 67.3 Å². The number of unbranched alkanes of at least 4 members (excludes halogenated alkanes) is 14. The van der Waals surface area contributed by atoms with Crippen molar-refractivity contribution >= 4 is 23.9 Å². The molecule has 0 spiro atoms. The van der Waals surface area contributed by atoms with E-state index >= 15 is 0 Å². The largest absolute Gasteiger partial charge is 0.479 e. The van der Waals surface area contributed by atoms with Crippen molar-refractivity contribution in [1.29, 1.82) is 0 Å². The zero-order chi connectivity index (χ0) is 53.3. The lowest BCUT2D eigenvalue weighted by Crippen LogP contribution is -2.61. The molecule has 6 unspecified atom stereocenters. The van der Waals surface area contributed by atoms with Crippen molar-refractivity contribution < 1.29 is 58.2 Å². The molecule has 73 heavy (non-hydrogen) atoms. The molecule has 3 N–H and O–H groups in total. The highest BCUT2D eigenvalue weighted by Gasteiger charge is 2.50. The molecule has 412 valence electrons. The van der Waals surface area contributed by atoms with E-state index in [1.807, 2.05) is 12.2 Å². The van der Waals surface area contributed by atoms with Crippen LogP contribution in [-0.4, -0.2) is 89.2 Å². The molecule has 0 aliphatic carbocycles. The molecule has 6 atom stereocenters. The van der Waals surface area contributed by atoms with E-state index in [-0.39, 0.29) is 25.9 Å². The van der Waals surface area contributed by atoms with Crippen LogP contribution in [0.15, 0.2) is 109 Å². The lowest BCUT2D eigenvalue weighted by molar-refractivity contribution is -0.301. The van der Waals surface area contributed by atoms with E-state index in [4.69, 9.17) is 23.7 Å². The van der Waals surface area contributed by atoms with Crippen molar-refractivity contribution in [2.75, 3.05) is 13.2 Å². The van der Waals surface area contributed by atoms with E-state index in [2.05, 4.69) is 112 Å². The van der Waals surface area contributed by atoms with Gasteiger partial charge in [0, 0.05) is 12.8 Å². The van der Waals surface area contributed by atoms with Gasteiger partial charge in [-0.2, -0.15) is 0 Å². The number of aliphatic hydroxyl groups excluding tert-OH is 2. The standard InChI is InChI=1S/C61H96O12/c1-4-7-10-13-16-19-22-25-27-30-32-35-38-41-44-47-53(62)69-50-52(71-54(63)48-45-42-39-36-33-29-24-21-18-15-12-9-6-3)51-70-61-59(57(66)56(65)58(73-61)60(67)68)72-55(64)49-46-43-40-37-34-31-28-26-23-20-17-14-11-8-5-2/h7,10,12,15-17,19-21,24-28,32,35,41,44,52,56-59,61,65-66H,4-6,8-9,11,13-14,18,22-23,29-31,33-34,36-40,42-43,45-51H2,1-3H3,(H,67,68)/b10-7-,15-12-,19-16-,20-17-,24-21-,27-25-,28-26-,35-32-,44-41-. The summed E-state index contributed by atoms with van der Waals surface area (Å²) in [5.74, 6) is -3.34. The molecule has 0 aromatic rings. The number of aliphatic carboxylic acids is 1. The molecular formula is C61H96O12. The lowest BCUT2D eigenvalue weighted by atomic mass is 9.98. The quantitative estimate of drug-likeness (QED) is 0.0228. The maximum absolute atomic E-state index is 13.1. The van der Waals surface area contributed by atoms with E-state index in [0.717, 1.165) is 122 Å². The number of ether oxygens (including phenoxy) is 5. The van der Waals surface area contributed by atoms with Gasteiger partial charge >= 0.3 is 23.9 Å². The monoisotopic (exact) mass is 1020 g/mol. The summed E-state index contributed by atoms with van der Waals surface area (Å²) in [6.45, 7) is 5.65. The van der Waals surface area contributed by atoms with Crippen LogP contribution in [0.25, 0.3) is 0 Å². The van der Waals surface area contributed by atoms with Gasteiger partial charge < -0.3 is 39.0 Å². The summed E-state index contributed by atoms with van der Waals surface area (Å²) in [4.78, 5) is 50.9.